The summed E-state index contributed by atoms with van der Waals surface area (Å²) in [6.07, 6.45) is 6.63. The van der Waals surface area contributed by atoms with Crippen LogP contribution in [0.3, 0.4) is 0 Å². The quantitative estimate of drug-likeness (QED) is 0.771. The van der Waals surface area contributed by atoms with Crippen LogP contribution in [-0.2, 0) is 0 Å². The van der Waals surface area contributed by atoms with E-state index in [0.29, 0.717) is 5.82 Å². The molecule has 0 unspecified atom stereocenters. The van der Waals surface area contributed by atoms with E-state index >= 15 is 0 Å². The van der Waals surface area contributed by atoms with Gasteiger partial charge in [-0.1, -0.05) is 25.3 Å². The first-order valence-corrected chi connectivity index (χ1v) is 5.71. The molecule has 0 radical (unpaired) electrons. The Balaban J connectivity index is 1.81. The number of aromatic nitrogens is 1. The molecule has 1 aliphatic rings. The molecule has 1 fully saturated rings. The zero-order valence-electron chi connectivity index (χ0n) is 8.88. The lowest BCUT2D eigenvalue weighted by Gasteiger charge is -2.21. The van der Waals surface area contributed by atoms with Crippen LogP contribution in [0.4, 0.5) is 10.2 Å². The van der Waals surface area contributed by atoms with E-state index in [2.05, 4.69) is 10.3 Å². The van der Waals surface area contributed by atoms with E-state index in [1.807, 2.05) is 6.07 Å². The van der Waals surface area contributed by atoms with Gasteiger partial charge in [-0.3, -0.25) is 0 Å². The monoisotopic (exact) mass is 208 g/mol. The van der Waals surface area contributed by atoms with Gasteiger partial charge in [0.1, 0.15) is 5.82 Å². The summed E-state index contributed by atoms with van der Waals surface area (Å²) in [5.41, 5.74) is 0. The van der Waals surface area contributed by atoms with Gasteiger partial charge in [-0.15, -0.1) is 0 Å². The summed E-state index contributed by atoms with van der Waals surface area (Å²) in [5.74, 6) is 0.980. The summed E-state index contributed by atoms with van der Waals surface area (Å²) in [6, 6.07) is 4.86. The van der Waals surface area contributed by atoms with Crippen LogP contribution in [0.2, 0.25) is 0 Å². The van der Waals surface area contributed by atoms with Crippen molar-refractivity contribution in [2.75, 3.05) is 11.9 Å². The van der Waals surface area contributed by atoms with Crippen molar-refractivity contribution in [3.63, 3.8) is 0 Å². The zero-order valence-corrected chi connectivity index (χ0v) is 8.88. The van der Waals surface area contributed by atoms with Gasteiger partial charge in [0.2, 0.25) is 5.95 Å². The van der Waals surface area contributed by atoms with Crippen LogP contribution in [-0.4, -0.2) is 11.5 Å². The van der Waals surface area contributed by atoms with Crippen LogP contribution >= 0.6 is 0 Å². The lowest BCUT2D eigenvalue weighted by atomic mass is 9.89. The number of hydrogen-bond acceptors (Lipinski definition) is 2. The summed E-state index contributed by atoms with van der Waals surface area (Å²) in [6.45, 7) is 0.927. The van der Waals surface area contributed by atoms with Crippen LogP contribution < -0.4 is 5.32 Å². The highest BCUT2D eigenvalue weighted by Gasteiger charge is 2.12. The molecular weight excluding hydrogens is 191 g/mol. The van der Waals surface area contributed by atoms with Crippen LogP contribution in [0.5, 0.6) is 0 Å². The largest absolute Gasteiger partial charge is 0.370 e. The van der Waals surface area contributed by atoms with E-state index in [-0.39, 0.29) is 0 Å². The first kappa shape index (κ1) is 10.4. The Morgan fingerprint density at radius 1 is 1.27 bits per heavy atom. The second-order valence-electron chi connectivity index (χ2n) is 4.23. The third-order valence-corrected chi connectivity index (χ3v) is 3.01. The Labute approximate surface area is 89.9 Å². The van der Waals surface area contributed by atoms with Crippen molar-refractivity contribution in [2.45, 2.75) is 32.1 Å². The molecule has 1 aromatic rings. The van der Waals surface area contributed by atoms with Crippen molar-refractivity contribution in [1.29, 1.82) is 0 Å². The molecule has 2 nitrogen and oxygen atoms in total. The Morgan fingerprint density at radius 3 is 2.80 bits per heavy atom. The fraction of sp³-hybridized carbons (Fsp3) is 0.583. The first-order valence-electron chi connectivity index (χ1n) is 5.71. The summed E-state index contributed by atoms with van der Waals surface area (Å²) >= 11 is 0. The van der Waals surface area contributed by atoms with Crippen molar-refractivity contribution in [2.24, 2.45) is 5.92 Å². The minimum absolute atomic E-state index is 0.413. The summed E-state index contributed by atoms with van der Waals surface area (Å²) in [4.78, 5) is 3.78. The standard InChI is InChI=1S/C12H17FN2/c13-11-7-4-8-12(15-11)14-9-10-5-2-1-3-6-10/h4,7-8,10H,1-3,5-6,9H2,(H,14,15). The Kier molecular flexibility index (Phi) is 3.54. The third kappa shape index (κ3) is 3.18. The van der Waals surface area contributed by atoms with Crippen LogP contribution in [0.1, 0.15) is 32.1 Å². The van der Waals surface area contributed by atoms with E-state index in [4.69, 9.17) is 0 Å². The van der Waals surface area contributed by atoms with Crippen molar-refractivity contribution in [3.8, 4) is 0 Å². The van der Waals surface area contributed by atoms with Crippen molar-refractivity contribution < 1.29 is 4.39 Å². The molecule has 1 aromatic heterocycles. The van der Waals surface area contributed by atoms with Gasteiger partial charge in [0, 0.05) is 6.54 Å². The van der Waals surface area contributed by atoms with Gasteiger partial charge in [0.05, 0.1) is 0 Å². The van der Waals surface area contributed by atoms with E-state index in [1.165, 1.54) is 38.2 Å². The normalized spacial score (nSPS) is 17.7. The first-order chi connectivity index (χ1) is 7.34. The molecule has 0 bridgehead atoms. The second kappa shape index (κ2) is 5.10. The summed E-state index contributed by atoms with van der Waals surface area (Å²) in [5, 5.41) is 3.20. The minimum atomic E-state index is -0.413. The van der Waals surface area contributed by atoms with Gasteiger partial charge in [0.15, 0.2) is 0 Å². The highest BCUT2D eigenvalue weighted by atomic mass is 19.1. The van der Waals surface area contributed by atoms with E-state index in [0.717, 1.165) is 12.5 Å². The van der Waals surface area contributed by atoms with Gasteiger partial charge in [-0.2, -0.15) is 4.39 Å². The Bertz CT molecular complexity index is 308. The lowest BCUT2D eigenvalue weighted by molar-refractivity contribution is 0.373. The Morgan fingerprint density at radius 2 is 2.07 bits per heavy atom. The topological polar surface area (TPSA) is 24.9 Å². The SMILES string of the molecule is Fc1cccc(NCC2CCCCC2)n1. The number of hydrogen-bond donors (Lipinski definition) is 1. The molecule has 1 heterocycles. The molecule has 2 rings (SSSR count). The van der Waals surface area contributed by atoms with Crippen molar-refractivity contribution in [1.82, 2.24) is 4.98 Å². The maximum Gasteiger partial charge on any atom is 0.214 e. The highest BCUT2D eigenvalue weighted by molar-refractivity contribution is 5.33. The predicted molar refractivity (Wildman–Crippen MR) is 59.3 cm³/mol. The molecule has 1 N–H and O–H groups in total. The number of halogens is 1. The number of rotatable bonds is 3. The second-order valence-corrected chi connectivity index (χ2v) is 4.23. The van der Waals surface area contributed by atoms with E-state index in [1.54, 1.807) is 6.07 Å². The molecule has 0 spiro atoms. The summed E-state index contributed by atoms with van der Waals surface area (Å²) in [7, 11) is 0. The van der Waals surface area contributed by atoms with Gasteiger partial charge >= 0.3 is 0 Å². The predicted octanol–water partition coefficient (Wildman–Crippen LogP) is 3.21. The average molecular weight is 208 g/mol. The van der Waals surface area contributed by atoms with Gasteiger partial charge in [0.25, 0.3) is 0 Å². The molecule has 1 aliphatic carbocycles. The molecule has 0 amide bonds. The van der Waals surface area contributed by atoms with Gasteiger partial charge in [-0.25, -0.2) is 4.98 Å². The lowest BCUT2D eigenvalue weighted by Crippen LogP contribution is -2.17. The smallest absolute Gasteiger partial charge is 0.214 e. The van der Waals surface area contributed by atoms with Gasteiger partial charge < -0.3 is 5.32 Å². The number of nitrogens with zero attached hydrogens (tertiary/aromatic N) is 1. The molecular formula is C12H17FN2. The number of pyridine rings is 1. The molecule has 0 aliphatic heterocycles. The molecule has 15 heavy (non-hydrogen) atoms. The Hall–Kier alpha value is -1.12. The maximum atomic E-state index is 12.8. The van der Waals surface area contributed by atoms with Gasteiger partial charge in [-0.05, 0) is 30.9 Å². The molecule has 0 saturated heterocycles. The van der Waals surface area contributed by atoms with Crippen molar-refractivity contribution >= 4 is 5.82 Å². The fourth-order valence-electron chi connectivity index (χ4n) is 2.15. The van der Waals surface area contributed by atoms with E-state index < -0.39 is 5.95 Å². The molecule has 0 aromatic carbocycles. The van der Waals surface area contributed by atoms with Crippen LogP contribution in [0, 0.1) is 11.9 Å². The van der Waals surface area contributed by atoms with E-state index in [9.17, 15) is 4.39 Å². The van der Waals surface area contributed by atoms with Crippen LogP contribution in [0.25, 0.3) is 0 Å². The number of nitrogens with one attached hydrogen (secondary N) is 1. The molecule has 1 saturated carbocycles. The molecule has 3 heteroatoms. The minimum Gasteiger partial charge on any atom is -0.370 e. The average Bonchev–Trinajstić information content (AvgIpc) is 2.28. The third-order valence-electron chi connectivity index (χ3n) is 3.01. The molecule has 82 valence electrons. The maximum absolute atomic E-state index is 12.8. The molecule has 0 atom stereocenters. The zero-order chi connectivity index (χ0) is 10.5. The highest BCUT2D eigenvalue weighted by Crippen LogP contribution is 2.23. The van der Waals surface area contributed by atoms with Crippen LogP contribution in [0.15, 0.2) is 18.2 Å². The van der Waals surface area contributed by atoms with Crippen molar-refractivity contribution in [3.05, 3.63) is 24.1 Å². The number of anilines is 1. The summed E-state index contributed by atoms with van der Waals surface area (Å²) < 4.78 is 12.8. The fourth-order valence-corrected chi connectivity index (χ4v) is 2.15.